The molecule has 80 valence electrons. The highest BCUT2D eigenvalue weighted by molar-refractivity contribution is 7.80. The molecule has 1 aromatic rings. The van der Waals surface area contributed by atoms with Crippen LogP contribution in [-0.4, -0.2) is 11.2 Å². The topological polar surface area (TPSA) is 24.1 Å². The lowest BCUT2D eigenvalue weighted by Gasteiger charge is -2.11. The minimum Gasteiger partial charge on any atom is -0.360 e. The van der Waals surface area contributed by atoms with Crippen LogP contribution < -0.4 is 10.6 Å². The van der Waals surface area contributed by atoms with Gasteiger partial charge in [-0.25, -0.2) is 4.39 Å². The van der Waals surface area contributed by atoms with Gasteiger partial charge in [-0.1, -0.05) is 0 Å². The van der Waals surface area contributed by atoms with E-state index in [0.717, 1.165) is 11.3 Å². The summed E-state index contributed by atoms with van der Waals surface area (Å²) in [5.74, 6) is -0.223. The molecule has 0 aliphatic heterocycles. The first-order valence-electron chi connectivity index (χ1n) is 4.99. The van der Waals surface area contributed by atoms with E-state index in [9.17, 15) is 4.39 Å². The molecule has 1 aliphatic rings. The van der Waals surface area contributed by atoms with Gasteiger partial charge in [-0.05, 0) is 55.7 Å². The quantitative estimate of drug-likeness (QED) is 0.755. The molecule has 0 amide bonds. The molecule has 2 rings (SSSR count). The Morgan fingerprint density at radius 1 is 1.47 bits per heavy atom. The van der Waals surface area contributed by atoms with Crippen molar-refractivity contribution in [3.05, 3.63) is 29.6 Å². The van der Waals surface area contributed by atoms with Crippen LogP contribution in [0, 0.1) is 12.7 Å². The maximum absolute atomic E-state index is 12.8. The Morgan fingerprint density at radius 2 is 2.20 bits per heavy atom. The molecule has 0 aromatic heterocycles. The molecule has 1 saturated carbocycles. The molecule has 4 heteroatoms. The van der Waals surface area contributed by atoms with Gasteiger partial charge >= 0.3 is 0 Å². The molecular weight excluding hydrogens is 211 g/mol. The summed E-state index contributed by atoms with van der Waals surface area (Å²) in [5.41, 5.74) is 1.71. The van der Waals surface area contributed by atoms with Gasteiger partial charge < -0.3 is 10.6 Å². The highest BCUT2D eigenvalue weighted by Crippen LogP contribution is 2.20. The zero-order chi connectivity index (χ0) is 10.8. The Balaban J connectivity index is 1.99. The summed E-state index contributed by atoms with van der Waals surface area (Å²) in [6, 6.07) is 5.15. The van der Waals surface area contributed by atoms with Crippen LogP contribution in [0.15, 0.2) is 18.2 Å². The Hall–Kier alpha value is -1.16. The fraction of sp³-hybridized carbons (Fsp3) is 0.364. The van der Waals surface area contributed by atoms with Crippen LogP contribution >= 0.6 is 12.2 Å². The molecule has 0 atom stereocenters. The Bertz CT molecular complexity index is 388. The molecule has 1 aromatic carbocycles. The van der Waals surface area contributed by atoms with Crippen molar-refractivity contribution in [3.63, 3.8) is 0 Å². The Labute approximate surface area is 93.9 Å². The first kappa shape index (κ1) is 10.4. The van der Waals surface area contributed by atoms with Gasteiger partial charge in [0.05, 0.1) is 0 Å². The molecule has 1 fully saturated rings. The standard InChI is InChI=1S/C11H13FN2S/c1-7-6-8(12)2-5-10(7)14-11(15)13-9-3-4-9/h2,5-6,9H,3-4H2,1H3,(H2,13,14,15). The van der Waals surface area contributed by atoms with Gasteiger partial charge in [-0.2, -0.15) is 0 Å². The second-order valence-electron chi connectivity index (χ2n) is 3.83. The summed E-state index contributed by atoms with van der Waals surface area (Å²) in [7, 11) is 0. The van der Waals surface area contributed by atoms with Crippen molar-refractivity contribution < 1.29 is 4.39 Å². The van der Waals surface area contributed by atoms with Crippen molar-refractivity contribution in [2.45, 2.75) is 25.8 Å². The third-order valence-electron chi connectivity index (χ3n) is 2.35. The number of thiocarbonyl (C=S) groups is 1. The molecule has 0 unspecified atom stereocenters. The van der Waals surface area contributed by atoms with E-state index in [-0.39, 0.29) is 5.82 Å². The predicted octanol–water partition coefficient (Wildman–Crippen LogP) is 2.58. The van der Waals surface area contributed by atoms with Crippen molar-refractivity contribution in [1.82, 2.24) is 5.32 Å². The summed E-state index contributed by atoms with van der Waals surface area (Å²) in [6.45, 7) is 1.85. The van der Waals surface area contributed by atoms with Gasteiger partial charge in [-0.3, -0.25) is 0 Å². The predicted molar refractivity (Wildman–Crippen MR) is 63.5 cm³/mol. The van der Waals surface area contributed by atoms with Gasteiger partial charge in [0, 0.05) is 11.7 Å². The Morgan fingerprint density at radius 3 is 2.80 bits per heavy atom. The maximum atomic E-state index is 12.8. The first-order chi connectivity index (χ1) is 7.15. The van der Waals surface area contributed by atoms with E-state index >= 15 is 0 Å². The first-order valence-corrected chi connectivity index (χ1v) is 5.39. The number of anilines is 1. The van der Waals surface area contributed by atoms with E-state index in [4.69, 9.17) is 12.2 Å². The molecule has 0 radical (unpaired) electrons. The van der Waals surface area contributed by atoms with E-state index in [2.05, 4.69) is 10.6 Å². The van der Waals surface area contributed by atoms with Crippen LogP contribution in [0.5, 0.6) is 0 Å². The number of benzene rings is 1. The second kappa shape index (κ2) is 4.14. The molecule has 0 heterocycles. The van der Waals surface area contributed by atoms with E-state index in [0.29, 0.717) is 11.2 Å². The minimum absolute atomic E-state index is 0.223. The van der Waals surface area contributed by atoms with E-state index in [1.807, 2.05) is 6.92 Å². The third kappa shape index (κ3) is 2.89. The van der Waals surface area contributed by atoms with Crippen LogP contribution in [0.4, 0.5) is 10.1 Å². The second-order valence-corrected chi connectivity index (χ2v) is 4.24. The van der Waals surface area contributed by atoms with Gasteiger partial charge in [0.1, 0.15) is 5.82 Å². The lowest BCUT2D eigenvalue weighted by Crippen LogP contribution is -2.30. The molecule has 1 aliphatic carbocycles. The van der Waals surface area contributed by atoms with Gasteiger partial charge in [0.25, 0.3) is 0 Å². The average molecular weight is 224 g/mol. The normalized spacial score (nSPS) is 14.8. The zero-order valence-corrected chi connectivity index (χ0v) is 9.33. The highest BCUT2D eigenvalue weighted by atomic mass is 32.1. The number of halogens is 1. The third-order valence-corrected chi connectivity index (χ3v) is 2.57. The van der Waals surface area contributed by atoms with Crippen molar-refractivity contribution in [2.75, 3.05) is 5.32 Å². The van der Waals surface area contributed by atoms with Crippen LogP contribution in [-0.2, 0) is 0 Å². The monoisotopic (exact) mass is 224 g/mol. The van der Waals surface area contributed by atoms with Gasteiger partial charge in [0.2, 0.25) is 0 Å². The largest absolute Gasteiger partial charge is 0.360 e. The van der Waals surface area contributed by atoms with Crippen molar-refractivity contribution in [2.24, 2.45) is 0 Å². The van der Waals surface area contributed by atoms with E-state index in [1.165, 1.54) is 25.0 Å². The molecule has 0 bridgehead atoms. The number of hydrogen-bond donors (Lipinski definition) is 2. The Kier molecular flexibility index (Phi) is 2.86. The molecule has 15 heavy (non-hydrogen) atoms. The number of hydrogen-bond acceptors (Lipinski definition) is 1. The van der Waals surface area contributed by atoms with Gasteiger partial charge in [-0.15, -0.1) is 0 Å². The summed E-state index contributed by atoms with van der Waals surface area (Å²) in [4.78, 5) is 0. The van der Waals surface area contributed by atoms with Crippen LogP contribution in [0.2, 0.25) is 0 Å². The SMILES string of the molecule is Cc1cc(F)ccc1NC(=S)NC1CC1. The summed E-state index contributed by atoms with van der Waals surface area (Å²) >= 11 is 5.13. The van der Waals surface area contributed by atoms with E-state index in [1.54, 1.807) is 6.07 Å². The lowest BCUT2D eigenvalue weighted by atomic mass is 10.2. The highest BCUT2D eigenvalue weighted by Gasteiger charge is 2.21. The fourth-order valence-corrected chi connectivity index (χ4v) is 1.62. The molecule has 0 saturated heterocycles. The number of nitrogens with one attached hydrogen (secondary N) is 2. The summed E-state index contributed by atoms with van der Waals surface area (Å²) in [6.07, 6.45) is 2.37. The smallest absolute Gasteiger partial charge is 0.171 e. The zero-order valence-electron chi connectivity index (χ0n) is 8.51. The number of aryl methyl sites for hydroxylation is 1. The van der Waals surface area contributed by atoms with Crippen LogP contribution in [0.3, 0.4) is 0 Å². The fourth-order valence-electron chi connectivity index (χ4n) is 1.34. The molecule has 2 nitrogen and oxygen atoms in total. The van der Waals surface area contributed by atoms with Crippen molar-refractivity contribution in [1.29, 1.82) is 0 Å². The molecule has 2 N–H and O–H groups in total. The van der Waals surface area contributed by atoms with Crippen molar-refractivity contribution >= 4 is 23.0 Å². The van der Waals surface area contributed by atoms with Gasteiger partial charge in [0.15, 0.2) is 5.11 Å². The molecule has 0 spiro atoms. The van der Waals surface area contributed by atoms with Crippen molar-refractivity contribution in [3.8, 4) is 0 Å². The average Bonchev–Trinajstić information content (AvgIpc) is 2.94. The summed E-state index contributed by atoms with van der Waals surface area (Å²) in [5, 5.41) is 6.85. The maximum Gasteiger partial charge on any atom is 0.171 e. The minimum atomic E-state index is -0.223. The number of rotatable bonds is 2. The van der Waals surface area contributed by atoms with E-state index < -0.39 is 0 Å². The molecular formula is C11H13FN2S. The summed E-state index contributed by atoms with van der Waals surface area (Å²) < 4.78 is 12.8. The lowest BCUT2D eigenvalue weighted by molar-refractivity contribution is 0.627. The van der Waals surface area contributed by atoms with Crippen LogP contribution in [0.1, 0.15) is 18.4 Å². The van der Waals surface area contributed by atoms with Crippen LogP contribution in [0.25, 0.3) is 0 Å².